The number of nitrogens with one attached hydrogen (secondary N) is 1. The summed E-state index contributed by atoms with van der Waals surface area (Å²) < 4.78 is 4.51. The van der Waals surface area contributed by atoms with Gasteiger partial charge in [-0.05, 0) is 13.0 Å². The Balaban J connectivity index is 2.65. The Hall–Kier alpha value is -1.76. The number of hydrogen-bond acceptors (Lipinski definition) is 6. The van der Waals surface area contributed by atoms with Gasteiger partial charge in [-0.25, -0.2) is 9.97 Å². The second-order valence-corrected chi connectivity index (χ2v) is 3.78. The fourth-order valence-electron chi connectivity index (χ4n) is 1.15. The number of thiocarbonyl (C=S) groups is 1. The van der Waals surface area contributed by atoms with E-state index in [2.05, 4.69) is 20.0 Å². The van der Waals surface area contributed by atoms with Crippen molar-refractivity contribution < 1.29 is 9.53 Å². The maximum Gasteiger partial charge on any atom is 0.307 e. The molecule has 0 aliphatic heterocycles. The van der Waals surface area contributed by atoms with Gasteiger partial charge in [0.15, 0.2) is 0 Å². The van der Waals surface area contributed by atoms with Crippen LogP contribution in [0, 0.1) is 6.92 Å². The maximum atomic E-state index is 10.9. The summed E-state index contributed by atoms with van der Waals surface area (Å²) in [5, 5.41) is 2.91. The average Bonchev–Trinajstić information content (AvgIpc) is 2.28. The summed E-state index contributed by atoms with van der Waals surface area (Å²) in [6, 6.07) is 1.70. The number of aryl methyl sites for hydroxylation is 1. The molecule has 0 unspecified atom stereocenters. The fraction of sp³-hybridized carbons (Fsp3) is 0.400. The van der Waals surface area contributed by atoms with Crippen molar-refractivity contribution in [2.75, 3.05) is 19.0 Å². The number of carbonyl (C=O) groups excluding carboxylic acids is 1. The van der Waals surface area contributed by atoms with Crippen LogP contribution in [0.25, 0.3) is 0 Å². The highest BCUT2D eigenvalue weighted by Crippen LogP contribution is 2.04. The summed E-state index contributed by atoms with van der Waals surface area (Å²) in [4.78, 5) is 19.4. The highest BCUT2D eigenvalue weighted by Gasteiger charge is 2.05. The Morgan fingerprint density at radius 1 is 1.59 bits per heavy atom. The maximum absolute atomic E-state index is 10.9. The predicted octanol–water partition coefficient (Wildman–Crippen LogP) is 0.394. The molecular weight excluding hydrogens is 240 g/mol. The molecule has 0 bridgehead atoms. The van der Waals surface area contributed by atoms with Crippen molar-refractivity contribution in [1.29, 1.82) is 0 Å². The van der Waals surface area contributed by atoms with E-state index in [0.717, 1.165) is 5.69 Å². The first-order valence-corrected chi connectivity index (χ1v) is 5.40. The van der Waals surface area contributed by atoms with Gasteiger partial charge in [0.1, 0.15) is 10.7 Å². The number of esters is 1. The third-order valence-corrected chi connectivity index (χ3v) is 2.16. The van der Waals surface area contributed by atoms with Crippen molar-refractivity contribution >= 4 is 29.1 Å². The first-order chi connectivity index (χ1) is 8.02. The van der Waals surface area contributed by atoms with E-state index in [0.29, 0.717) is 18.2 Å². The zero-order valence-electron chi connectivity index (χ0n) is 9.69. The number of nitrogens with two attached hydrogens (primary N) is 1. The lowest BCUT2D eigenvalue weighted by atomic mass is 10.3. The van der Waals surface area contributed by atoms with Gasteiger partial charge >= 0.3 is 5.97 Å². The molecule has 3 N–H and O–H groups in total. The van der Waals surface area contributed by atoms with Crippen LogP contribution in [0.1, 0.15) is 17.8 Å². The van der Waals surface area contributed by atoms with Gasteiger partial charge in [0.25, 0.3) is 0 Å². The SMILES string of the molecule is COC(=O)CCNc1nc(C)cc(C(N)=S)n1. The first kappa shape index (κ1) is 13.3. The molecule has 1 aromatic rings. The van der Waals surface area contributed by atoms with Crippen LogP contribution in [0.4, 0.5) is 5.95 Å². The van der Waals surface area contributed by atoms with E-state index in [1.807, 2.05) is 6.92 Å². The van der Waals surface area contributed by atoms with Gasteiger partial charge in [-0.2, -0.15) is 0 Å². The molecule has 0 radical (unpaired) electrons. The van der Waals surface area contributed by atoms with E-state index in [1.54, 1.807) is 6.07 Å². The fourth-order valence-corrected chi connectivity index (χ4v) is 1.26. The van der Waals surface area contributed by atoms with Crippen LogP contribution >= 0.6 is 12.2 Å². The van der Waals surface area contributed by atoms with Crippen LogP contribution in [0.5, 0.6) is 0 Å². The number of nitrogens with zero attached hydrogens (tertiary/aromatic N) is 2. The highest BCUT2D eigenvalue weighted by molar-refractivity contribution is 7.80. The molecule has 0 aliphatic rings. The minimum absolute atomic E-state index is 0.214. The number of hydrogen-bond donors (Lipinski definition) is 2. The minimum Gasteiger partial charge on any atom is -0.469 e. The second kappa shape index (κ2) is 6.09. The minimum atomic E-state index is -0.292. The normalized spacial score (nSPS) is 9.76. The van der Waals surface area contributed by atoms with Crippen molar-refractivity contribution in [3.63, 3.8) is 0 Å². The number of ether oxygens (including phenoxy) is 1. The van der Waals surface area contributed by atoms with Crippen molar-refractivity contribution in [3.8, 4) is 0 Å². The zero-order chi connectivity index (χ0) is 12.8. The van der Waals surface area contributed by atoms with Crippen LogP contribution in [-0.4, -0.2) is 34.6 Å². The molecule has 92 valence electrons. The molecule has 0 amide bonds. The van der Waals surface area contributed by atoms with Gasteiger partial charge in [-0.1, -0.05) is 12.2 Å². The largest absolute Gasteiger partial charge is 0.469 e. The van der Waals surface area contributed by atoms with Gasteiger partial charge in [0.2, 0.25) is 5.95 Å². The van der Waals surface area contributed by atoms with E-state index in [-0.39, 0.29) is 17.4 Å². The van der Waals surface area contributed by atoms with Crippen molar-refractivity contribution in [2.45, 2.75) is 13.3 Å². The monoisotopic (exact) mass is 254 g/mol. The third-order valence-electron chi connectivity index (χ3n) is 1.95. The van der Waals surface area contributed by atoms with E-state index >= 15 is 0 Å². The molecular formula is C10H14N4O2S. The van der Waals surface area contributed by atoms with E-state index < -0.39 is 0 Å². The Morgan fingerprint density at radius 2 is 2.29 bits per heavy atom. The lowest BCUT2D eigenvalue weighted by Crippen LogP contribution is -2.16. The van der Waals surface area contributed by atoms with Crippen LogP contribution in [-0.2, 0) is 9.53 Å². The smallest absolute Gasteiger partial charge is 0.307 e. The molecule has 0 spiro atoms. The summed E-state index contributed by atoms with van der Waals surface area (Å²) in [6.45, 7) is 2.21. The van der Waals surface area contributed by atoms with E-state index in [1.165, 1.54) is 7.11 Å². The van der Waals surface area contributed by atoms with Crippen LogP contribution in [0.2, 0.25) is 0 Å². The molecule has 0 aromatic carbocycles. The van der Waals surface area contributed by atoms with Gasteiger partial charge in [0.05, 0.1) is 13.5 Å². The standard InChI is InChI=1S/C10H14N4O2S/c1-6-5-7(9(11)17)14-10(13-6)12-4-3-8(15)16-2/h5H,3-4H2,1-2H3,(H2,11,17)(H,12,13,14). The Bertz CT molecular complexity index is 436. The number of carbonyl (C=O) groups is 1. The lowest BCUT2D eigenvalue weighted by Gasteiger charge is -2.06. The molecule has 17 heavy (non-hydrogen) atoms. The Labute approximate surface area is 105 Å². The first-order valence-electron chi connectivity index (χ1n) is 4.99. The molecule has 0 aliphatic carbocycles. The van der Waals surface area contributed by atoms with E-state index in [4.69, 9.17) is 18.0 Å². The molecule has 7 heteroatoms. The van der Waals surface area contributed by atoms with Gasteiger partial charge in [0, 0.05) is 12.2 Å². The van der Waals surface area contributed by atoms with Gasteiger partial charge < -0.3 is 15.8 Å². The molecule has 0 saturated carbocycles. The highest BCUT2D eigenvalue weighted by atomic mass is 32.1. The molecule has 0 fully saturated rings. The summed E-state index contributed by atoms with van der Waals surface area (Å²) in [6.07, 6.45) is 0.246. The number of methoxy groups -OCH3 is 1. The summed E-state index contributed by atoms with van der Waals surface area (Å²) in [5.74, 6) is 0.108. The number of rotatable bonds is 5. The lowest BCUT2D eigenvalue weighted by molar-refractivity contribution is -0.140. The van der Waals surface area contributed by atoms with E-state index in [9.17, 15) is 4.79 Å². The van der Waals surface area contributed by atoms with Crippen LogP contribution in [0.15, 0.2) is 6.07 Å². The molecule has 1 aromatic heterocycles. The number of aromatic nitrogens is 2. The summed E-state index contributed by atoms with van der Waals surface area (Å²) in [7, 11) is 1.34. The molecule has 1 rings (SSSR count). The van der Waals surface area contributed by atoms with Gasteiger partial charge in [-0.15, -0.1) is 0 Å². The van der Waals surface area contributed by atoms with Gasteiger partial charge in [-0.3, -0.25) is 4.79 Å². The molecule has 6 nitrogen and oxygen atoms in total. The number of anilines is 1. The predicted molar refractivity (Wildman–Crippen MR) is 67.8 cm³/mol. The van der Waals surface area contributed by atoms with Crippen molar-refractivity contribution in [3.05, 3.63) is 17.5 Å². The van der Waals surface area contributed by atoms with Crippen LogP contribution < -0.4 is 11.1 Å². The molecule has 0 atom stereocenters. The quantitative estimate of drug-likeness (QED) is 0.580. The summed E-state index contributed by atoms with van der Waals surface area (Å²) in [5.41, 5.74) is 6.75. The topological polar surface area (TPSA) is 90.1 Å². The van der Waals surface area contributed by atoms with Crippen molar-refractivity contribution in [1.82, 2.24) is 9.97 Å². The Kier molecular flexibility index (Phi) is 4.77. The third kappa shape index (κ3) is 4.31. The summed E-state index contributed by atoms with van der Waals surface area (Å²) >= 11 is 4.84. The Morgan fingerprint density at radius 3 is 2.88 bits per heavy atom. The molecule has 0 saturated heterocycles. The zero-order valence-corrected chi connectivity index (χ0v) is 10.5. The van der Waals surface area contributed by atoms with Crippen molar-refractivity contribution in [2.24, 2.45) is 5.73 Å². The molecule has 1 heterocycles. The second-order valence-electron chi connectivity index (χ2n) is 3.34. The van der Waals surface area contributed by atoms with Crippen LogP contribution in [0.3, 0.4) is 0 Å². The average molecular weight is 254 g/mol.